The van der Waals surface area contributed by atoms with Crippen molar-refractivity contribution in [2.45, 2.75) is 0 Å². The van der Waals surface area contributed by atoms with Crippen LogP contribution >= 0.6 is 0 Å². The van der Waals surface area contributed by atoms with Gasteiger partial charge in [0.05, 0.1) is 0 Å². The summed E-state index contributed by atoms with van der Waals surface area (Å²) in [6, 6.07) is 0. The largest absolute Gasteiger partial charge is 0.478 e. The molecule has 4 N–H and O–H groups in total. The van der Waals surface area contributed by atoms with Crippen molar-refractivity contribution in [1.82, 2.24) is 0 Å². The Kier molecular flexibility index (Phi) is 4.02. The van der Waals surface area contributed by atoms with Gasteiger partial charge >= 0.3 is 15.2 Å². The summed E-state index contributed by atoms with van der Waals surface area (Å²) >= 11 is 0. The average molecular weight is 69.7 g/mol. The van der Waals surface area contributed by atoms with Gasteiger partial charge in [-0.3, -0.25) is 0 Å². The van der Waals surface area contributed by atoms with E-state index in [4.69, 9.17) is 0 Å². The fourth-order valence-electron chi connectivity index (χ4n) is 0.0454. The molecule has 0 aliphatic carbocycles. The second-order valence-electron chi connectivity index (χ2n) is 0.408. The van der Waals surface area contributed by atoms with Crippen LogP contribution in [0.5, 0.6) is 0 Å². The van der Waals surface area contributed by atoms with Crippen molar-refractivity contribution in [1.29, 1.82) is 0 Å². The van der Waals surface area contributed by atoms with Crippen LogP contribution < -0.4 is 11.3 Å². The molecule has 0 aliphatic rings. The Balaban J connectivity index is 2.19. The summed E-state index contributed by atoms with van der Waals surface area (Å²) in [5, 5.41) is 0. The third-order valence-electron chi connectivity index (χ3n) is 0.157. The molecule has 0 saturated carbocycles. The molecule has 0 bridgehead atoms. The van der Waals surface area contributed by atoms with E-state index in [1.165, 1.54) is 0 Å². The Hall–Kier alpha value is 0.00987. The molecule has 26 valence electrons. The van der Waals surface area contributed by atoms with Crippen LogP contribution in [-0.4, -0.2) is 15.2 Å². The maximum atomic E-state index is 4.68. The summed E-state index contributed by atoms with van der Waals surface area (Å²) in [5.41, 5.74) is 9.36. The first-order chi connectivity index (χ1) is 2.41. The van der Waals surface area contributed by atoms with Gasteiger partial charge in [-0.25, -0.2) is 0 Å². The molecule has 0 aromatic heterocycles. The lowest BCUT2D eigenvalue weighted by Gasteiger charge is -1.81. The molecule has 0 aromatic carbocycles. The minimum absolute atomic E-state index is 1.00. The molecule has 0 saturated heterocycles. The first kappa shape index (κ1) is 5.01. The third kappa shape index (κ3) is 4.01. The molecule has 0 aromatic rings. The quantitative estimate of drug-likeness (QED) is 0.369. The topological polar surface area (TPSA) is 61.3 Å². The molecular weight excluding hydrogens is 65.6 g/mol. The summed E-state index contributed by atoms with van der Waals surface area (Å²) in [7, 11) is 2.00. The molecule has 0 spiro atoms. The van der Waals surface area contributed by atoms with Crippen molar-refractivity contribution in [3.63, 3.8) is 0 Å². The molecule has 0 amide bonds. The van der Waals surface area contributed by atoms with Crippen LogP contribution in [0.3, 0.4) is 0 Å². The van der Waals surface area contributed by atoms with E-state index in [-0.39, 0.29) is 0 Å². The van der Waals surface area contributed by atoms with Crippen molar-refractivity contribution in [2.75, 3.05) is 0 Å². The molecule has 5 heavy (non-hydrogen) atoms. The fourth-order valence-corrected chi connectivity index (χ4v) is 0.0454. The molecule has 0 fully saturated rings. The smallest absolute Gasteiger partial charge is 0.377 e. The van der Waals surface area contributed by atoms with Gasteiger partial charge in [-0.1, -0.05) is 0 Å². The van der Waals surface area contributed by atoms with Crippen molar-refractivity contribution in [3.05, 3.63) is 0 Å². The van der Waals surface area contributed by atoms with Gasteiger partial charge in [-0.05, 0) is 0 Å². The summed E-state index contributed by atoms with van der Waals surface area (Å²) < 4.78 is 4.14. The lowest BCUT2D eigenvalue weighted by Crippen LogP contribution is -2.18. The lowest BCUT2D eigenvalue weighted by atomic mass is 10.2. The Bertz CT molecular complexity index is 15.1. The van der Waals surface area contributed by atoms with Crippen LogP contribution in [-0.2, 0) is 4.57 Å². The predicted octanol–water partition coefficient (Wildman–Crippen LogP) is -2.01. The Morgan fingerprint density at radius 3 is 1.60 bits per heavy atom. The number of nitrogens with two attached hydrogens (primary N) is 2. The highest BCUT2D eigenvalue weighted by Gasteiger charge is 1.75. The Morgan fingerprint density at radius 1 is 1.20 bits per heavy atom. The molecule has 0 heterocycles. The van der Waals surface area contributed by atoms with Crippen LogP contribution in [0.15, 0.2) is 0 Å². The Labute approximate surface area is 32.3 Å². The molecule has 3 nitrogen and oxygen atoms in total. The minimum atomic E-state index is 1.00. The van der Waals surface area contributed by atoms with Crippen molar-refractivity contribution in [2.24, 2.45) is 11.3 Å². The van der Waals surface area contributed by atoms with Crippen LogP contribution in [0.4, 0.5) is 0 Å². The van der Waals surface area contributed by atoms with Gasteiger partial charge < -0.3 is 15.9 Å². The molecule has 0 rings (SSSR count). The predicted molar refractivity (Wildman–Crippen MR) is 21.0 cm³/mol. The highest BCUT2D eigenvalue weighted by Crippen LogP contribution is 1.40. The summed E-state index contributed by atoms with van der Waals surface area (Å²) in [4.78, 5) is 0. The molecule has 0 atom stereocenters. The summed E-state index contributed by atoms with van der Waals surface area (Å²) in [6.45, 7) is 0. The minimum Gasteiger partial charge on any atom is -0.478 e. The number of hydrogen-bond acceptors (Lipinski definition) is 3. The second kappa shape index (κ2) is 4.01. The van der Waals surface area contributed by atoms with Crippen molar-refractivity contribution >= 4 is 15.2 Å². The molecular formula is H4B2N2O. The van der Waals surface area contributed by atoms with E-state index in [1.54, 1.807) is 0 Å². The zero-order chi connectivity index (χ0) is 4.12. The van der Waals surface area contributed by atoms with E-state index in [1.807, 2.05) is 0 Å². The first-order valence-electron chi connectivity index (χ1n) is 1.14. The lowest BCUT2D eigenvalue weighted by molar-refractivity contribution is 0.641. The van der Waals surface area contributed by atoms with Gasteiger partial charge in [0.1, 0.15) is 0 Å². The van der Waals surface area contributed by atoms with Gasteiger partial charge in [0.2, 0.25) is 0 Å². The number of rotatable bonds is 2. The molecule has 0 aliphatic heterocycles. The maximum absolute atomic E-state index is 4.68. The van der Waals surface area contributed by atoms with Crippen LogP contribution in [0, 0.1) is 0 Å². The fraction of sp³-hybridized carbons (Fsp3) is 0. The highest BCUT2D eigenvalue weighted by molar-refractivity contribution is 6.38. The Morgan fingerprint density at radius 2 is 1.60 bits per heavy atom. The van der Waals surface area contributed by atoms with Gasteiger partial charge in [0.15, 0.2) is 0 Å². The van der Waals surface area contributed by atoms with Gasteiger partial charge in [-0.2, -0.15) is 0 Å². The normalized spacial score (nSPS) is 6.80. The van der Waals surface area contributed by atoms with Crippen LogP contribution in [0.25, 0.3) is 0 Å². The van der Waals surface area contributed by atoms with Crippen molar-refractivity contribution < 1.29 is 4.57 Å². The summed E-state index contributed by atoms with van der Waals surface area (Å²) in [5.74, 6) is 0. The highest BCUT2D eigenvalue weighted by atomic mass is 16.4. The summed E-state index contributed by atoms with van der Waals surface area (Å²) in [6.07, 6.45) is 0. The van der Waals surface area contributed by atoms with E-state index in [0.717, 1.165) is 15.2 Å². The number of hydrogen-bond donors (Lipinski definition) is 2. The monoisotopic (exact) mass is 70.1 g/mol. The zero-order valence-electron chi connectivity index (χ0n) is 2.72. The second-order valence-corrected chi connectivity index (χ2v) is 0.408. The maximum Gasteiger partial charge on any atom is 0.377 e. The van der Waals surface area contributed by atoms with Crippen molar-refractivity contribution in [3.8, 4) is 0 Å². The van der Waals surface area contributed by atoms with E-state index < -0.39 is 0 Å². The molecule has 2 radical (unpaired) electrons. The molecule has 5 heteroatoms. The van der Waals surface area contributed by atoms with E-state index in [0.29, 0.717) is 0 Å². The van der Waals surface area contributed by atoms with Crippen LogP contribution in [0.2, 0.25) is 0 Å². The third-order valence-corrected chi connectivity index (χ3v) is 0.157. The van der Waals surface area contributed by atoms with Gasteiger partial charge in [0.25, 0.3) is 0 Å². The average Bonchev–Trinajstić information content (AvgIpc) is 1.41. The van der Waals surface area contributed by atoms with Crippen LogP contribution in [0.1, 0.15) is 0 Å². The first-order valence-corrected chi connectivity index (χ1v) is 1.14. The van der Waals surface area contributed by atoms with Gasteiger partial charge in [-0.15, -0.1) is 0 Å². The van der Waals surface area contributed by atoms with E-state index >= 15 is 0 Å². The van der Waals surface area contributed by atoms with Gasteiger partial charge in [0, 0.05) is 0 Å². The molecule has 0 unspecified atom stereocenters. The van der Waals surface area contributed by atoms with E-state index in [2.05, 4.69) is 15.9 Å². The standard InChI is InChI=1S/B2H4N2O/c3-1-5-2-4/h3-4H2. The zero-order valence-corrected chi connectivity index (χ0v) is 2.72. The SMILES string of the molecule is N[B]O[B]N. The van der Waals surface area contributed by atoms with E-state index in [9.17, 15) is 0 Å².